The molecule has 9 nitrogen and oxygen atoms in total. The van der Waals surface area contributed by atoms with Gasteiger partial charge in [-0.25, -0.2) is 4.79 Å². The number of aliphatic hydroxyl groups is 1. The summed E-state index contributed by atoms with van der Waals surface area (Å²) in [5.41, 5.74) is 6.66. The molecule has 5 aromatic carbocycles. The van der Waals surface area contributed by atoms with Crippen molar-refractivity contribution in [2.24, 2.45) is 5.92 Å². The number of carbonyl (C=O) groups excluding carboxylic acids is 1. The van der Waals surface area contributed by atoms with E-state index in [9.17, 15) is 9.90 Å². The van der Waals surface area contributed by atoms with Crippen molar-refractivity contribution in [3.05, 3.63) is 150 Å². The maximum Gasteiger partial charge on any atom is 0.319 e. The summed E-state index contributed by atoms with van der Waals surface area (Å²) >= 11 is 0. The Morgan fingerprint density at radius 1 is 0.769 bits per heavy atom. The predicted molar refractivity (Wildman–Crippen MR) is 201 cm³/mol. The molecule has 0 aliphatic carbocycles. The van der Waals surface area contributed by atoms with Gasteiger partial charge in [0.2, 0.25) is 0 Å². The fourth-order valence-corrected chi connectivity index (χ4v) is 6.65. The molecule has 268 valence electrons. The molecule has 0 saturated carbocycles. The number of anilines is 1. The second-order valence-corrected chi connectivity index (χ2v) is 13.3. The molecule has 0 aromatic heterocycles. The Balaban J connectivity index is 0.980. The molecule has 3 N–H and O–H groups in total. The van der Waals surface area contributed by atoms with Gasteiger partial charge in [-0.1, -0.05) is 91.9 Å². The van der Waals surface area contributed by atoms with Crippen molar-refractivity contribution in [2.45, 2.75) is 38.6 Å². The third-order valence-corrected chi connectivity index (χ3v) is 9.65. The number of urea groups is 1. The molecule has 9 heteroatoms. The van der Waals surface area contributed by atoms with Crippen LogP contribution in [0.5, 0.6) is 11.5 Å². The lowest BCUT2D eigenvalue weighted by Gasteiger charge is -2.43. The normalized spacial score (nSPS) is 20.6. The lowest BCUT2D eigenvalue weighted by atomic mass is 9.90. The van der Waals surface area contributed by atoms with E-state index in [1.54, 1.807) is 0 Å². The van der Waals surface area contributed by atoms with E-state index >= 15 is 0 Å². The van der Waals surface area contributed by atoms with Crippen LogP contribution in [0.25, 0.3) is 11.1 Å². The van der Waals surface area contributed by atoms with Crippen LogP contribution >= 0.6 is 0 Å². The first-order chi connectivity index (χ1) is 25.5. The fraction of sp³-hybridized carbons (Fsp3) is 0.279. The molecule has 2 saturated heterocycles. The number of ether oxygens (including phenoxy) is 4. The van der Waals surface area contributed by atoms with Gasteiger partial charge in [0.25, 0.3) is 0 Å². The van der Waals surface area contributed by atoms with Crippen LogP contribution in [-0.4, -0.2) is 55.0 Å². The van der Waals surface area contributed by atoms with Gasteiger partial charge in [0.15, 0.2) is 6.29 Å². The monoisotopic (exact) mass is 699 g/mol. The summed E-state index contributed by atoms with van der Waals surface area (Å²) in [5, 5.41) is 15.4. The topological polar surface area (TPSA) is 102 Å². The van der Waals surface area contributed by atoms with Gasteiger partial charge >= 0.3 is 6.03 Å². The highest BCUT2D eigenvalue weighted by molar-refractivity contribution is 5.89. The highest BCUT2D eigenvalue weighted by Gasteiger charge is 2.39. The SMILES string of the molecule is CC1C(CN2CCOCC2)OC(c2ccc(-c3cccc(CNC(=O)Nc4ccc(Oc5ccccc5)cc4)c3)cc2)OC1c1ccc(CO)cc1. The lowest BCUT2D eigenvalue weighted by Crippen LogP contribution is -2.47. The van der Waals surface area contributed by atoms with Crippen molar-refractivity contribution in [3.63, 3.8) is 0 Å². The molecule has 4 atom stereocenters. The number of para-hydroxylation sites is 1. The van der Waals surface area contributed by atoms with Crippen molar-refractivity contribution >= 4 is 11.7 Å². The maximum absolute atomic E-state index is 12.7. The first-order valence-electron chi connectivity index (χ1n) is 17.9. The van der Waals surface area contributed by atoms with Crippen LogP contribution in [0.2, 0.25) is 0 Å². The van der Waals surface area contributed by atoms with Crippen molar-refractivity contribution < 1.29 is 28.8 Å². The van der Waals surface area contributed by atoms with Crippen LogP contribution in [0.4, 0.5) is 10.5 Å². The maximum atomic E-state index is 12.7. The van der Waals surface area contributed by atoms with Crippen LogP contribution in [0, 0.1) is 5.92 Å². The molecule has 52 heavy (non-hydrogen) atoms. The molecule has 0 bridgehead atoms. The Labute approximate surface area is 305 Å². The molecule has 2 fully saturated rings. The van der Waals surface area contributed by atoms with E-state index < -0.39 is 6.29 Å². The summed E-state index contributed by atoms with van der Waals surface area (Å²) in [5.74, 6) is 1.57. The average molecular weight is 700 g/mol. The van der Waals surface area contributed by atoms with Gasteiger partial charge in [0.05, 0.1) is 32.0 Å². The van der Waals surface area contributed by atoms with E-state index in [4.69, 9.17) is 18.9 Å². The average Bonchev–Trinajstić information content (AvgIpc) is 3.20. The smallest absolute Gasteiger partial charge is 0.319 e. The second-order valence-electron chi connectivity index (χ2n) is 13.3. The van der Waals surface area contributed by atoms with E-state index in [2.05, 4.69) is 71.0 Å². The lowest BCUT2D eigenvalue weighted by molar-refractivity contribution is -0.277. The Hall–Kier alpha value is -5.03. The van der Waals surface area contributed by atoms with Crippen molar-refractivity contribution in [3.8, 4) is 22.6 Å². The predicted octanol–water partition coefficient (Wildman–Crippen LogP) is 8.08. The molecular formula is C43H45N3O6. The number of nitrogens with zero attached hydrogens (tertiary/aromatic N) is 1. The van der Waals surface area contributed by atoms with Crippen LogP contribution in [-0.2, 0) is 27.4 Å². The van der Waals surface area contributed by atoms with Crippen LogP contribution in [0.3, 0.4) is 0 Å². The summed E-state index contributed by atoms with van der Waals surface area (Å²) in [6, 6.07) is 41.0. The zero-order valence-corrected chi connectivity index (χ0v) is 29.3. The number of morpholine rings is 1. The summed E-state index contributed by atoms with van der Waals surface area (Å²) in [6.07, 6.45) is -0.722. The van der Waals surface area contributed by atoms with Gasteiger partial charge in [-0.3, -0.25) is 4.90 Å². The van der Waals surface area contributed by atoms with Crippen LogP contribution in [0.1, 0.15) is 41.6 Å². The van der Waals surface area contributed by atoms with Gasteiger partial charge in [-0.05, 0) is 70.3 Å². The molecular weight excluding hydrogens is 654 g/mol. The van der Waals surface area contributed by atoms with Gasteiger partial charge in [-0.15, -0.1) is 0 Å². The number of benzene rings is 5. The highest BCUT2D eigenvalue weighted by atomic mass is 16.7. The van der Waals surface area contributed by atoms with Crippen molar-refractivity contribution in [1.82, 2.24) is 10.2 Å². The third-order valence-electron chi connectivity index (χ3n) is 9.65. The minimum atomic E-state index is -0.527. The number of carbonyl (C=O) groups is 1. The van der Waals surface area contributed by atoms with Gasteiger partial charge in [-0.2, -0.15) is 0 Å². The summed E-state index contributed by atoms with van der Waals surface area (Å²) < 4.78 is 24.8. The fourth-order valence-electron chi connectivity index (χ4n) is 6.65. The molecule has 2 aliphatic heterocycles. The third kappa shape index (κ3) is 9.06. The van der Waals surface area contributed by atoms with Crippen LogP contribution < -0.4 is 15.4 Å². The van der Waals surface area contributed by atoms with E-state index in [1.807, 2.05) is 78.9 Å². The van der Waals surface area contributed by atoms with Crippen LogP contribution in [0.15, 0.2) is 127 Å². The number of hydrogen-bond donors (Lipinski definition) is 3. The molecule has 2 amide bonds. The number of rotatable bonds is 11. The zero-order valence-electron chi connectivity index (χ0n) is 29.3. The molecule has 0 radical (unpaired) electrons. The van der Waals surface area contributed by atoms with Crippen molar-refractivity contribution in [2.75, 3.05) is 38.2 Å². The number of hydrogen-bond acceptors (Lipinski definition) is 7. The van der Waals surface area contributed by atoms with E-state index in [0.29, 0.717) is 18.0 Å². The molecule has 4 unspecified atom stereocenters. The molecule has 0 spiro atoms. The van der Waals surface area contributed by atoms with Gasteiger partial charge in [0.1, 0.15) is 11.5 Å². The first kappa shape index (κ1) is 35.4. The Morgan fingerprint density at radius 2 is 1.48 bits per heavy atom. The number of amides is 2. The zero-order chi connectivity index (χ0) is 35.7. The molecule has 2 heterocycles. The number of aliphatic hydroxyl groups excluding tert-OH is 1. The quantitative estimate of drug-likeness (QED) is 0.128. The first-order valence-corrected chi connectivity index (χ1v) is 17.9. The van der Waals surface area contributed by atoms with E-state index in [1.165, 1.54) is 0 Å². The van der Waals surface area contributed by atoms with Gasteiger partial charge in [0, 0.05) is 43.3 Å². The molecule has 5 aromatic rings. The summed E-state index contributed by atoms with van der Waals surface area (Å²) in [4.78, 5) is 15.1. The van der Waals surface area contributed by atoms with Crippen molar-refractivity contribution in [1.29, 1.82) is 0 Å². The summed E-state index contributed by atoms with van der Waals surface area (Å²) in [6.45, 7) is 6.64. The van der Waals surface area contributed by atoms with Gasteiger partial charge < -0.3 is 34.7 Å². The Kier molecular flexibility index (Phi) is 11.6. The second kappa shape index (κ2) is 17.0. The Morgan fingerprint density at radius 3 is 2.21 bits per heavy atom. The minimum Gasteiger partial charge on any atom is -0.457 e. The number of nitrogens with one attached hydrogen (secondary N) is 2. The standard InChI is InChI=1S/C43H45N3O6/c1-30-40(28-46-22-24-49-25-23-46)51-42(52-41(30)34-12-10-31(29-47)11-13-34)35-16-14-33(15-17-35)36-7-5-6-32(26-36)27-44-43(48)45-37-18-20-39(21-19-37)50-38-8-3-2-4-9-38/h2-21,26,30,40-42,47H,22-25,27-29H2,1H3,(H2,44,45,48). The van der Waals surface area contributed by atoms with E-state index in [-0.39, 0.29) is 30.8 Å². The highest BCUT2D eigenvalue weighted by Crippen LogP contribution is 2.42. The largest absolute Gasteiger partial charge is 0.457 e. The minimum absolute atomic E-state index is 0.00938. The molecule has 2 aliphatic rings. The molecule has 7 rings (SSSR count). The van der Waals surface area contributed by atoms with E-state index in [0.717, 1.165) is 72.0 Å². The Bertz CT molecular complexity index is 1880. The summed E-state index contributed by atoms with van der Waals surface area (Å²) in [7, 11) is 0.